The molecule has 0 aromatic heterocycles. The van der Waals surface area contributed by atoms with E-state index in [9.17, 15) is 4.79 Å². The molecule has 0 amide bonds. The summed E-state index contributed by atoms with van der Waals surface area (Å²) in [5, 5.41) is 9.01. The lowest BCUT2D eigenvalue weighted by atomic mass is 9.92. The maximum absolute atomic E-state index is 12.0. The van der Waals surface area contributed by atoms with Crippen molar-refractivity contribution in [3.8, 4) is 0 Å². The second-order valence-electron chi connectivity index (χ2n) is 6.62. The van der Waals surface area contributed by atoms with E-state index in [1.54, 1.807) is 0 Å². The SMILES string of the molecule is CC(C)=CCC(=O)[C@H](C)CCC[C@@]1(C)CO[C@@H](CO)CO1. The van der Waals surface area contributed by atoms with Crippen molar-refractivity contribution < 1.29 is 19.4 Å². The summed E-state index contributed by atoms with van der Waals surface area (Å²) in [5.74, 6) is 0.404. The van der Waals surface area contributed by atoms with Crippen molar-refractivity contribution >= 4 is 5.78 Å². The number of carbonyl (C=O) groups excluding carboxylic acids is 1. The average Bonchev–Trinajstić information content (AvgIpc) is 2.45. The molecular formula is C17H30O4. The van der Waals surface area contributed by atoms with Gasteiger partial charge in [0.15, 0.2) is 0 Å². The van der Waals surface area contributed by atoms with Crippen molar-refractivity contribution in [2.45, 2.75) is 65.1 Å². The summed E-state index contributed by atoms with van der Waals surface area (Å²) in [6.07, 6.45) is 5.06. The average molecular weight is 298 g/mol. The highest BCUT2D eigenvalue weighted by atomic mass is 16.6. The van der Waals surface area contributed by atoms with Crippen LogP contribution in [-0.4, -0.2) is 42.4 Å². The zero-order valence-electron chi connectivity index (χ0n) is 13.9. The molecule has 0 bridgehead atoms. The standard InChI is InChI=1S/C17H30O4/c1-13(2)7-8-16(19)14(3)6-5-9-17(4)12-20-15(10-18)11-21-17/h7,14-15,18H,5-6,8-12H2,1-4H3/t14-,15+,17+/m1/s1. The Morgan fingerprint density at radius 1 is 1.48 bits per heavy atom. The summed E-state index contributed by atoms with van der Waals surface area (Å²) in [4.78, 5) is 12.0. The van der Waals surface area contributed by atoms with Crippen LogP contribution < -0.4 is 0 Å². The zero-order chi connectivity index (χ0) is 15.9. The fourth-order valence-corrected chi connectivity index (χ4v) is 2.38. The van der Waals surface area contributed by atoms with Crippen LogP contribution in [0.2, 0.25) is 0 Å². The molecule has 0 spiro atoms. The van der Waals surface area contributed by atoms with Gasteiger partial charge in [-0.15, -0.1) is 0 Å². The third kappa shape index (κ3) is 6.72. The zero-order valence-corrected chi connectivity index (χ0v) is 13.9. The van der Waals surface area contributed by atoms with Gasteiger partial charge in [0.2, 0.25) is 0 Å². The minimum Gasteiger partial charge on any atom is -0.394 e. The molecule has 0 aromatic rings. The van der Waals surface area contributed by atoms with Crippen LogP contribution in [0.5, 0.6) is 0 Å². The molecule has 4 nitrogen and oxygen atoms in total. The molecule has 1 aliphatic heterocycles. The number of allylic oxidation sites excluding steroid dienone is 2. The van der Waals surface area contributed by atoms with E-state index in [0.717, 1.165) is 19.3 Å². The summed E-state index contributed by atoms with van der Waals surface area (Å²) >= 11 is 0. The fraction of sp³-hybridized carbons (Fsp3) is 0.824. The third-order valence-electron chi connectivity index (χ3n) is 4.05. The van der Waals surface area contributed by atoms with Crippen LogP contribution in [0.4, 0.5) is 0 Å². The van der Waals surface area contributed by atoms with Crippen molar-refractivity contribution in [3.05, 3.63) is 11.6 Å². The Kier molecular flexibility index (Phi) is 7.57. The topological polar surface area (TPSA) is 55.8 Å². The van der Waals surface area contributed by atoms with E-state index in [1.165, 1.54) is 5.57 Å². The van der Waals surface area contributed by atoms with Gasteiger partial charge >= 0.3 is 0 Å². The van der Waals surface area contributed by atoms with E-state index in [2.05, 4.69) is 0 Å². The molecule has 4 heteroatoms. The van der Waals surface area contributed by atoms with E-state index in [0.29, 0.717) is 25.4 Å². The van der Waals surface area contributed by atoms with Crippen molar-refractivity contribution in [1.82, 2.24) is 0 Å². The Balaban J connectivity index is 2.26. The predicted octanol–water partition coefficient (Wildman–Crippen LogP) is 2.88. The number of ketones is 1. The first-order valence-corrected chi connectivity index (χ1v) is 7.89. The van der Waals surface area contributed by atoms with Crippen molar-refractivity contribution in [2.24, 2.45) is 5.92 Å². The molecule has 1 N–H and O–H groups in total. The Morgan fingerprint density at radius 2 is 2.19 bits per heavy atom. The number of aliphatic hydroxyl groups is 1. The first kappa shape index (κ1) is 18.3. The van der Waals surface area contributed by atoms with Gasteiger partial charge in [-0.2, -0.15) is 0 Å². The first-order chi connectivity index (χ1) is 9.86. The normalized spacial score (nSPS) is 27.2. The van der Waals surface area contributed by atoms with Crippen molar-refractivity contribution in [3.63, 3.8) is 0 Å². The van der Waals surface area contributed by atoms with E-state index in [4.69, 9.17) is 14.6 Å². The summed E-state index contributed by atoms with van der Waals surface area (Å²) in [5.41, 5.74) is 0.906. The van der Waals surface area contributed by atoms with Crippen molar-refractivity contribution in [2.75, 3.05) is 19.8 Å². The molecule has 0 radical (unpaired) electrons. The Morgan fingerprint density at radius 3 is 2.71 bits per heavy atom. The molecule has 1 heterocycles. The molecule has 1 rings (SSSR count). The lowest BCUT2D eigenvalue weighted by molar-refractivity contribution is -0.193. The van der Waals surface area contributed by atoms with Gasteiger partial charge in [-0.25, -0.2) is 0 Å². The van der Waals surface area contributed by atoms with Gasteiger partial charge in [-0.1, -0.05) is 18.6 Å². The summed E-state index contributed by atoms with van der Waals surface area (Å²) in [6, 6.07) is 0. The highest BCUT2D eigenvalue weighted by molar-refractivity contribution is 5.82. The molecule has 0 saturated carbocycles. The highest BCUT2D eigenvalue weighted by Gasteiger charge is 2.32. The van der Waals surface area contributed by atoms with Crippen LogP contribution in [0, 0.1) is 5.92 Å². The van der Waals surface area contributed by atoms with Gasteiger partial charge in [-0.3, -0.25) is 4.79 Å². The quantitative estimate of drug-likeness (QED) is 0.700. The third-order valence-corrected chi connectivity index (χ3v) is 4.05. The first-order valence-electron chi connectivity index (χ1n) is 7.89. The number of ether oxygens (including phenoxy) is 2. The molecule has 0 aliphatic carbocycles. The van der Waals surface area contributed by atoms with Crippen LogP contribution in [0.1, 0.15) is 53.4 Å². The molecule has 3 atom stereocenters. The molecule has 1 fully saturated rings. The number of rotatable bonds is 8. The smallest absolute Gasteiger partial charge is 0.139 e. The monoisotopic (exact) mass is 298 g/mol. The number of hydrogen-bond acceptors (Lipinski definition) is 4. The lowest BCUT2D eigenvalue weighted by Crippen LogP contribution is -2.45. The molecule has 0 aromatic carbocycles. The summed E-state index contributed by atoms with van der Waals surface area (Å²) in [6.45, 7) is 9.03. The Bertz CT molecular complexity index is 350. The molecular weight excluding hydrogens is 268 g/mol. The van der Waals surface area contributed by atoms with Gasteiger partial charge < -0.3 is 14.6 Å². The van der Waals surface area contributed by atoms with E-state index in [-0.39, 0.29) is 24.2 Å². The van der Waals surface area contributed by atoms with Crippen molar-refractivity contribution in [1.29, 1.82) is 0 Å². The van der Waals surface area contributed by atoms with Crippen LogP contribution in [0.15, 0.2) is 11.6 Å². The molecule has 122 valence electrons. The second-order valence-corrected chi connectivity index (χ2v) is 6.62. The number of carbonyl (C=O) groups is 1. The largest absolute Gasteiger partial charge is 0.394 e. The van der Waals surface area contributed by atoms with Gasteiger partial charge in [-0.05, 0) is 40.0 Å². The van der Waals surface area contributed by atoms with Gasteiger partial charge in [0.25, 0.3) is 0 Å². The second kappa shape index (κ2) is 8.66. The van der Waals surface area contributed by atoms with E-state index >= 15 is 0 Å². The maximum atomic E-state index is 12.0. The highest BCUT2D eigenvalue weighted by Crippen LogP contribution is 2.25. The molecule has 21 heavy (non-hydrogen) atoms. The molecule has 1 saturated heterocycles. The van der Waals surface area contributed by atoms with Crippen LogP contribution in [-0.2, 0) is 14.3 Å². The minimum atomic E-state index is -0.283. The minimum absolute atomic E-state index is 0.00593. The molecule has 1 aliphatic rings. The Hall–Kier alpha value is -0.710. The van der Waals surface area contributed by atoms with Crippen LogP contribution in [0.25, 0.3) is 0 Å². The fourth-order valence-electron chi connectivity index (χ4n) is 2.38. The summed E-state index contributed by atoms with van der Waals surface area (Å²) in [7, 11) is 0. The lowest BCUT2D eigenvalue weighted by Gasteiger charge is -2.37. The number of hydrogen-bond donors (Lipinski definition) is 1. The van der Waals surface area contributed by atoms with Gasteiger partial charge in [0.05, 0.1) is 25.4 Å². The van der Waals surface area contributed by atoms with Gasteiger partial charge in [0, 0.05) is 12.3 Å². The summed E-state index contributed by atoms with van der Waals surface area (Å²) < 4.78 is 11.4. The van der Waals surface area contributed by atoms with E-state index in [1.807, 2.05) is 33.8 Å². The van der Waals surface area contributed by atoms with Gasteiger partial charge in [0.1, 0.15) is 11.9 Å². The van der Waals surface area contributed by atoms with E-state index < -0.39 is 0 Å². The van der Waals surface area contributed by atoms with Crippen LogP contribution >= 0.6 is 0 Å². The predicted molar refractivity (Wildman–Crippen MR) is 83.3 cm³/mol. The molecule has 0 unspecified atom stereocenters. The van der Waals surface area contributed by atoms with Crippen LogP contribution in [0.3, 0.4) is 0 Å². The maximum Gasteiger partial charge on any atom is 0.139 e. The Labute approximate surface area is 128 Å². The number of Topliss-reactive ketones (excluding diaryl/α,β-unsaturated/α-hetero) is 1. The number of aliphatic hydroxyl groups excluding tert-OH is 1.